The zero-order valence-corrected chi connectivity index (χ0v) is 13.3. The van der Waals surface area contributed by atoms with Crippen molar-refractivity contribution in [1.82, 2.24) is 9.80 Å². The highest BCUT2D eigenvalue weighted by atomic mass is 35.5. The Morgan fingerprint density at radius 1 is 1.29 bits per heavy atom. The molecule has 2 unspecified atom stereocenters. The Kier molecular flexibility index (Phi) is 4.76. The molecule has 2 fully saturated rings. The molecule has 3 aliphatic rings. The average molecular weight is 335 g/mol. The Hall–Kier alpha value is -0.330. The summed E-state index contributed by atoms with van der Waals surface area (Å²) >= 11 is 11.6. The maximum atomic E-state index is 11.9. The molecule has 118 valence electrons. The van der Waals surface area contributed by atoms with E-state index in [9.17, 15) is 9.90 Å². The molecule has 1 saturated carbocycles. The number of carbonyl (C=O) groups is 1. The first kappa shape index (κ1) is 15.6. The highest BCUT2D eigenvalue weighted by molar-refractivity contribution is 6.49. The number of hydrogen-bond acceptors (Lipinski definition) is 4. The molecule has 1 amide bonds. The molecule has 1 aliphatic carbocycles. The molecule has 0 radical (unpaired) electrons. The van der Waals surface area contributed by atoms with Crippen LogP contribution in [0.4, 0.5) is 0 Å². The number of hydrogen-bond donors (Lipinski definition) is 1. The molecule has 3 rings (SSSR count). The third-order valence-electron chi connectivity index (χ3n) is 4.69. The Morgan fingerprint density at radius 3 is 2.62 bits per heavy atom. The molecule has 0 aromatic rings. The molecule has 0 bridgehead atoms. The third kappa shape index (κ3) is 3.08. The van der Waals surface area contributed by atoms with Gasteiger partial charge in [0.15, 0.2) is 6.23 Å². The van der Waals surface area contributed by atoms with E-state index < -0.39 is 12.1 Å². The fourth-order valence-electron chi connectivity index (χ4n) is 3.09. The minimum Gasteiger partial charge on any atom is -0.375 e. The first-order valence-electron chi connectivity index (χ1n) is 7.46. The monoisotopic (exact) mass is 334 g/mol. The standard InChI is InChI=1S/C14H20Cl2N2O3/c15-11-12(16)14(20)18(13(11)19)5-4-17-6-7-21-10(8-17)9-2-1-3-9/h9-10,13,19H,1-8H2. The first-order chi connectivity index (χ1) is 10.1. The summed E-state index contributed by atoms with van der Waals surface area (Å²) in [6, 6.07) is 0. The molecule has 0 aromatic heterocycles. The van der Waals surface area contributed by atoms with E-state index in [2.05, 4.69) is 4.90 Å². The highest BCUT2D eigenvalue weighted by Gasteiger charge is 2.37. The fraction of sp³-hybridized carbons (Fsp3) is 0.786. The second-order valence-electron chi connectivity index (χ2n) is 5.93. The van der Waals surface area contributed by atoms with Crippen molar-refractivity contribution in [3.05, 3.63) is 10.1 Å². The number of carbonyl (C=O) groups excluding carboxylic acids is 1. The van der Waals surface area contributed by atoms with Crippen molar-refractivity contribution >= 4 is 29.1 Å². The number of nitrogens with zero attached hydrogens (tertiary/aromatic N) is 2. The highest BCUT2D eigenvalue weighted by Crippen LogP contribution is 2.33. The van der Waals surface area contributed by atoms with Crippen LogP contribution in [-0.4, -0.2) is 65.9 Å². The molecule has 7 heteroatoms. The topological polar surface area (TPSA) is 53.0 Å². The van der Waals surface area contributed by atoms with E-state index in [4.69, 9.17) is 27.9 Å². The van der Waals surface area contributed by atoms with Gasteiger partial charge in [-0.25, -0.2) is 0 Å². The van der Waals surface area contributed by atoms with Crippen molar-refractivity contribution in [2.75, 3.05) is 32.8 Å². The van der Waals surface area contributed by atoms with Crippen LogP contribution in [0.15, 0.2) is 10.1 Å². The van der Waals surface area contributed by atoms with E-state index in [1.807, 2.05) is 0 Å². The van der Waals surface area contributed by atoms with Crippen LogP contribution in [0.25, 0.3) is 0 Å². The van der Waals surface area contributed by atoms with Gasteiger partial charge < -0.3 is 14.7 Å². The number of morpholine rings is 1. The predicted molar refractivity (Wildman–Crippen MR) is 80.0 cm³/mol. The number of ether oxygens (including phenoxy) is 1. The van der Waals surface area contributed by atoms with Crippen LogP contribution < -0.4 is 0 Å². The third-order valence-corrected chi connectivity index (χ3v) is 5.54. The van der Waals surface area contributed by atoms with Gasteiger partial charge in [0.1, 0.15) is 5.03 Å². The van der Waals surface area contributed by atoms with E-state index in [0.717, 1.165) is 19.7 Å². The number of rotatable bonds is 4. The summed E-state index contributed by atoms with van der Waals surface area (Å²) in [5.41, 5.74) is 0. The molecule has 1 N–H and O–H groups in total. The zero-order valence-electron chi connectivity index (χ0n) is 11.8. The molecule has 2 atom stereocenters. The van der Waals surface area contributed by atoms with Crippen LogP contribution in [-0.2, 0) is 9.53 Å². The van der Waals surface area contributed by atoms with Gasteiger partial charge in [0.05, 0.1) is 17.7 Å². The molecular weight excluding hydrogens is 315 g/mol. The molecule has 2 heterocycles. The van der Waals surface area contributed by atoms with Crippen molar-refractivity contribution in [3.8, 4) is 0 Å². The Balaban J connectivity index is 1.50. The lowest BCUT2D eigenvalue weighted by atomic mass is 9.80. The molecule has 1 saturated heterocycles. The van der Waals surface area contributed by atoms with Gasteiger partial charge in [0, 0.05) is 26.2 Å². The molecule has 21 heavy (non-hydrogen) atoms. The Labute approximate surface area is 134 Å². The minimum atomic E-state index is -1.10. The van der Waals surface area contributed by atoms with Crippen LogP contribution in [0.1, 0.15) is 19.3 Å². The van der Waals surface area contributed by atoms with Gasteiger partial charge in [0.2, 0.25) is 0 Å². The number of amides is 1. The maximum Gasteiger partial charge on any atom is 0.269 e. The zero-order chi connectivity index (χ0) is 15.0. The smallest absolute Gasteiger partial charge is 0.269 e. The van der Waals surface area contributed by atoms with Crippen LogP contribution in [0.3, 0.4) is 0 Å². The van der Waals surface area contributed by atoms with Crippen molar-refractivity contribution in [1.29, 1.82) is 0 Å². The summed E-state index contributed by atoms with van der Waals surface area (Å²) in [6.45, 7) is 3.61. The Morgan fingerprint density at radius 2 is 2.05 bits per heavy atom. The van der Waals surface area contributed by atoms with E-state index in [1.54, 1.807) is 0 Å². The predicted octanol–water partition coefficient (Wildman–Crippen LogP) is 1.34. The lowest BCUT2D eigenvalue weighted by molar-refractivity contribution is -0.132. The van der Waals surface area contributed by atoms with E-state index in [1.165, 1.54) is 24.2 Å². The van der Waals surface area contributed by atoms with Gasteiger partial charge in [-0.05, 0) is 18.8 Å². The van der Waals surface area contributed by atoms with Gasteiger partial charge in [-0.15, -0.1) is 0 Å². The molecule has 5 nitrogen and oxygen atoms in total. The summed E-state index contributed by atoms with van der Waals surface area (Å²) in [5, 5.41) is 9.86. The van der Waals surface area contributed by atoms with E-state index in [-0.39, 0.29) is 10.1 Å². The van der Waals surface area contributed by atoms with Crippen LogP contribution in [0.2, 0.25) is 0 Å². The fourth-order valence-corrected chi connectivity index (χ4v) is 3.50. The summed E-state index contributed by atoms with van der Waals surface area (Å²) in [7, 11) is 0. The molecule has 2 aliphatic heterocycles. The summed E-state index contributed by atoms with van der Waals surface area (Å²) in [4.78, 5) is 15.5. The lowest BCUT2D eigenvalue weighted by Crippen LogP contribution is -2.50. The van der Waals surface area contributed by atoms with Gasteiger partial charge in [-0.3, -0.25) is 9.69 Å². The second-order valence-corrected chi connectivity index (χ2v) is 6.72. The lowest BCUT2D eigenvalue weighted by Gasteiger charge is -2.41. The average Bonchev–Trinajstić information content (AvgIpc) is 2.60. The number of aliphatic hydroxyl groups excluding tert-OH is 1. The minimum absolute atomic E-state index is 0.0241. The van der Waals surface area contributed by atoms with E-state index in [0.29, 0.717) is 25.1 Å². The van der Waals surface area contributed by atoms with Crippen molar-refractivity contribution < 1.29 is 14.6 Å². The molecule has 0 aromatic carbocycles. The second kappa shape index (κ2) is 6.42. The van der Waals surface area contributed by atoms with Crippen LogP contribution in [0.5, 0.6) is 0 Å². The summed E-state index contributed by atoms with van der Waals surface area (Å²) < 4.78 is 5.84. The van der Waals surface area contributed by atoms with E-state index >= 15 is 0 Å². The number of halogens is 2. The number of aliphatic hydroxyl groups is 1. The van der Waals surface area contributed by atoms with Crippen molar-refractivity contribution in [2.45, 2.75) is 31.6 Å². The first-order valence-corrected chi connectivity index (χ1v) is 8.21. The largest absolute Gasteiger partial charge is 0.375 e. The van der Waals surface area contributed by atoms with Crippen LogP contribution >= 0.6 is 23.2 Å². The van der Waals surface area contributed by atoms with Crippen molar-refractivity contribution in [2.24, 2.45) is 5.92 Å². The van der Waals surface area contributed by atoms with Gasteiger partial charge in [0.25, 0.3) is 5.91 Å². The quantitative estimate of drug-likeness (QED) is 0.842. The summed E-state index contributed by atoms with van der Waals surface area (Å²) in [6.07, 6.45) is 3.04. The SMILES string of the molecule is O=C1C(Cl)=C(Cl)C(O)N1CCN1CCOC(C2CCC2)C1. The van der Waals surface area contributed by atoms with Gasteiger partial charge >= 0.3 is 0 Å². The Bertz CT molecular complexity index is 454. The van der Waals surface area contributed by atoms with Gasteiger partial charge in [-0.2, -0.15) is 0 Å². The van der Waals surface area contributed by atoms with Crippen molar-refractivity contribution in [3.63, 3.8) is 0 Å². The van der Waals surface area contributed by atoms with Crippen LogP contribution in [0, 0.1) is 5.92 Å². The molecule has 0 spiro atoms. The molecular formula is C14H20Cl2N2O3. The maximum absolute atomic E-state index is 11.9. The summed E-state index contributed by atoms with van der Waals surface area (Å²) in [5.74, 6) is 0.301. The normalized spacial score (nSPS) is 32.0. The van der Waals surface area contributed by atoms with Gasteiger partial charge in [-0.1, -0.05) is 29.6 Å².